The maximum Gasteiger partial charge on any atom is 0.117 e. The molecule has 6 aromatic carbocycles. The zero-order chi connectivity index (χ0) is 23.2. The summed E-state index contributed by atoms with van der Waals surface area (Å²) in [6, 6.07) is 45.9. The van der Waals surface area contributed by atoms with Gasteiger partial charge in [-0.15, -0.1) is 0 Å². The minimum atomic E-state index is 0.818. The second kappa shape index (κ2) is 8.03. The second-order valence-corrected chi connectivity index (χ2v) is 9.09. The Morgan fingerprint density at radius 1 is 0.514 bits per heavy atom. The van der Waals surface area contributed by atoms with Crippen LogP contribution in [0, 0.1) is 0 Å². The number of rotatable bonds is 5. The number of aromatic nitrogens is 1. The Morgan fingerprint density at radius 2 is 1.17 bits per heavy atom. The highest BCUT2D eigenvalue weighted by Crippen LogP contribution is 2.43. The van der Waals surface area contributed by atoms with Crippen LogP contribution >= 0.6 is 0 Å². The summed E-state index contributed by atoms with van der Waals surface area (Å²) in [7, 11) is 0. The zero-order valence-electron chi connectivity index (χ0n) is 19.3. The first kappa shape index (κ1) is 19.9. The van der Waals surface area contributed by atoms with Gasteiger partial charge in [-0.05, 0) is 62.8 Å². The van der Waals surface area contributed by atoms with E-state index in [1.165, 1.54) is 43.6 Å². The maximum atomic E-state index is 2.40. The molecule has 0 aliphatic rings. The molecule has 7 aromatic rings. The lowest BCUT2D eigenvalue weighted by atomic mass is 9.93. The average molecular weight is 449 g/mol. The van der Waals surface area contributed by atoms with Gasteiger partial charge in [0.05, 0.1) is 5.69 Å². The highest BCUT2D eigenvalue weighted by Gasteiger charge is 2.20. The van der Waals surface area contributed by atoms with Gasteiger partial charge in [-0.25, -0.2) is 0 Å². The molecule has 0 aliphatic heterocycles. The Kier molecular flexibility index (Phi) is 4.56. The molecule has 1 heterocycles. The second-order valence-electron chi connectivity index (χ2n) is 9.09. The molecule has 0 N–H and O–H groups in total. The molecular formula is C33H24N2. The van der Waals surface area contributed by atoms with E-state index in [1.54, 1.807) is 0 Å². The van der Waals surface area contributed by atoms with Crippen LogP contribution in [0.1, 0.15) is 5.56 Å². The standard InChI is InChI=1S/C33H24N2/c1-3-9-24(10-4-1)23-34-22-8-15-31(34)35(28-13-5-2-6-14-28)30-21-19-27-17-16-25-11-7-12-26-18-20-29(30)33(27)32(25)26/h1-22H,23H2. The van der Waals surface area contributed by atoms with Gasteiger partial charge >= 0.3 is 0 Å². The summed E-state index contributed by atoms with van der Waals surface area (Å²) in [4.78, 5) is 2.40. The minimum absolute atomic E-state index is 0.818. The third-order valence-corrected chi connectivity index (χ3v) is 6.99. The molecule has 2 nitrogen and oxygen atoms in total. The normalized spacial score (nSPS) is 11.5. The molecule has 0 fully saturated rings. The summed E-state index contributed by atoms with van der Waals surface area (Å²) in [6.45, 7) is 0.818. The van der Waals surface area contributed by atoms with Crippen molar-refractivity contribution in [2.24, 2.45) is 0 Å². The summed E-state index contributed by atoms with van der Waals surface area (Å²) < 4.78 is 2.33. The maximum absolute atomic E-state index is 2.40. The lowest BCUT2D eigenvalue weighted by Gasteiger charge is -2.28. The Labute approximate surface area is 204 Å². The molecule has 2 heteroatoms. The van der Waals surface area contributed by atoms with Crippen molar-refractivity contribution in [3.63, 3.8) is 0 Å². The van der Waals surface area contributed by atoms with E-state index in [0.717, 1.165) is 18.1 Å². The summed E-state index contributed by atoms with van der Waals surface area (Å²) in [5.41, 5.74) is 3.62. The van der Waals surface area contributed by atoms with Crippen molar-refractivity contribution >= 4 is 49.5 Å². The molecule has 166 valence electrons. The van der Waals surface area contributed by atoms with Crippen LogP contribution in [0.25, 0.3) is 32.3 Å². The van der Waals surface area contributed by atoms with Gasteiger partial charge in [0.25, 0.3) is 0 Å². The van der Waals surface area contributed by atoms with E-state index in [2.05, 4.69) is 143 Å². The zero-order valence-corrected chi connectivity index (χ0v) is 19.3. The number of para-hydroxylation sites is 1. The average Bonchev–Trinajstić information content (AvgIpc) is 3.37. The fourth-order valence-electron chi connectivity index (χ4n) is 5.41. The molecule has 0 radical (unpaired) electrons. The van der Waals surface area contributed by atoms with Crippen molar-refractivity contribution in [3.05, 3.63) is 139 Å². The fraction of sp³-hybridized carbons (Fsp3) is 0.0303. The molecule has 35 heavy (non-hydrogen) atoms. The van der Waals surface area contributed by atoms with E-state index in [-0.39, 0.29) is 0 Å². The highest BCUT2D eigenvalue weighted by molar-refractivity contribution is 6.25. The molecule has 0 bridgehead atoms. The van der Waals surface area contributed by atoms with Gasteiger partial charge in [0, 0.05) is 23.8 Å². The molecule has 0 unspecified atom stereocenters. The molecule has 0 atom stereocenters. The van der Waals surface area contributed by atoms with E-state index in [9.17, 15) is 0 Å². The van der Waals surface area contributed by atoms with Crippen molar-refractivity contribution in [2.75, 3.05) is 4.90 Å². The number of nitrogens with zero attached hydrogens (tertiary/aromatic N) is 2. The van der Waals surface area contributed by atoms with Crippen LogP contribution in [0.15, 0.2) is 134 Å². The van der Waals surface area contributed by atoms with Crippen LogP contribution in [-0.2, 0) is 6.54 Å². The van der Waals surface area contributed by atoms with Gasteiger partial charge in [-0.3, -0.25) is 4.90 Å². The molecule has 0 amide bonds. The first-order valence-electron chi connectivity index (χ1n) is 12.1. The quantitative estimate of drug-likeness (QED) is 0.239. The summed E-state index contributed by atoms with van der Waals surface area (Å²) in [5, 5.41) is 7.80. The van der Waals surface area contributed by atoms with E-state index in [1.807, 2.05) is 0 Å². The monoisotopic (exact) mass is 448 g/mol. The van der Waals surface area contributed by atoms with Gasteiger partial charge in [-0.2, -0.15) is 0 Å². The minimum Gasteiger partial charge on any atom is -0.330 e. The number of anilines is 3. The van der Waals surface area contributed by atoms with Crippen LogP contribution in [0.2, 0.25) is 0 Å². The first-order chi connectivity index (χ1) is 17.4. The van der Waals surface area contributed by atoms with Gasteiger partial charge in [-0.1, -0.05) is 97.1 Å². The molecule has 0 aliphatic carbocycles. The number of hydrogen-bond donors (Lipinski definition) is 0. The van der Waals surface area contributed by atoms with Crippen molar-refractivity contribution < 1.29 is 0 Å². The SMILES string of the molecule is c1ccc(Cn2cccc2N(c2ccccc2)c2ccc3ccc4cccc5ccc2c3c45)cc1. The first-order valence-corrected chi connectivity index (χ1v) is 12.1. The Hall–Kier alpha value is -4.56. The van der Waals surface area contributed by atoms with Gasteiger partial charge in [0.15, 0.2) is 0 Å². The van der Waals surface area contributed by atoms with Crippen LogP contribution in [0.5, 0.6) is 0 Å². The fourth-order valence-corrected chi connectivity index (χ4v) is 5.41. The lowest BCUT2D eigenvalue weighted by molar-refractivity contribution is 0.802. The van der Waals surface area contributed by atoms with E-state index in [0.29, 0.717) is 0 Å². The van der Waals surface area contributed by atoms with Gasteiger partial charge in [0.2, 0.25) is 0 Å². The molecule has 1 aromatic heterocycles. The van der Waals surface area contributed by atoms with Gasteiger partial charge < -0.3 is 4.57 Å². The topological polar surface area (TPSA) is 8.17 Å². The predicted octanol–water partition coefficient (Wildman–Crippen LogP) is 8.90. The van der Waals surface area contributed by atoms with E-state index in [4.69, 9.17) is 0 Å². The van der Waals surface area contributed by atoms with Crippen LogP contribution in [-0.4, -0.2) is 4.57 Å². The van der Waals surface area contributed by atoms with Crippen LogP contribution in [0.4, 0.5) is 17.2 Å². The van der Waals surface area contributed by atoms with Crippen LogP contribution in [0.3, 0.4) is 0 Å². The smallest absolute Gasteiger partial charge is 0.117 e. The van der Waals surface area contributed by atoms with Crippen molar-refractivity contribution in [1.29, 1.82) is 0 Å². The van der Waals surface area contributed by atoms with Gasteiger partial charge in [0.1, 0.15) is 5.82 Å². The predicted molar refractivity (Wildman–Crippen MR) is 148 cm³/mol. The summed E-state index contributed by atoms with van der Waals surface area (Å²) in [6.07, 6.45) is 2.17. The number of hydrogen-bond acceptors (Lipinski definition) is 1. The van der Waals surface area contributed by atoms with Crippen LogP contribution < -0.4 is 4.90 Å². The third kappa shape index (κ3) is 3.26. The third-order valence-electron chi connectivity index (χ3n) is 6.99. The largest absolute Gasteiger partial charge is 0.330 e. The van der Waals surface area contributed by atoms with E-state index < -0.39 is 0 Å². The van der Waals surface area contributed by atoms with Crippen molar-refractivity contribution in [2.45, 2.75) is 6.54 Å². The molecule has 0 saturated carbocycles. The summed E-state index contributed by atoms with van der Waals surface area (Å²) >= 11 is 0. The molecule has 0 saturated heterocycles. The Balaban J connectivity index is 1.49. The van der Waals surface area contributed by atoms with Crippen molar-refractivity contribution in [1.82, 2.24) is 4.57 Å². The summed E-state index contributed by atoms with van der Waals surface area (Å²) in [5.74, 6) is 1.15. The van der Waals surface area contributed by atoms with Crippen molar-refractivity contribution in [3.8, 4) is 0 Å². The van der Waals surface area contributed by atoms with E-state index >= 15 is 0 Å². The Bertz CT molecular complexity index is 1750. The Morgan fingerprint density at radius 3 is 1.94 bits per heavy atom. The molecule has 0 spiro atoms. The highest BCUT2D eigenvalue weighted by atomic mass is 15.2. The number of benzene rings is 6. The lowest BCUT2D eigenvalue weighted by Crippen LogP contribution is -2.15. The molecule has 7 rings (SSSR count). The molecular weight excluding hydrogens is 424 g/mol.